The summed E-state index contributed by atoms with van der Waals surface area (Å²) in [6.07, 6.45) is 8.12. The van der Waals surface area contributed by atoms with Gasteiger partial charge >= 0.3 is 0 Å². The van der Waals surface area contributed by atoms with Crippen molar-refractivity contribution in [2.45, 2.75) is 37.6 Å². The molecule has 0 atom stereocenters. The molecule has 0 aliphatic heterocycles. The van der Waals surface area contributed by atoms with Gasteiger partial charge in [0.1, 0.15) is 0 Å². The first-order chi connectivity index (χ1) is 10.2. The Labute approximate surface area is 135 Å². The van der Waals surface area contributed by atoms with Crippen LogP contribution in [-0.4, -0.2) is 26.4 Å². The Bertz CT molecular complexity index is 605. The number of rotatable bonds is 3. The number of aromatic nitrogens is 3. The predicted molar refractivity (Wildman–Crippen MR) is 87.2 cm³/mol. The van der Waals surface area contributed by atoms with Gasteiger partial charge in [-0.05, 0) is 37.1 Å². The van der Waals surface area contributed by atoms with Crippen molar-refractivity contribution < 1.29 is 4.79 Å². The van der Waals surface area contributed by atoms with E-state index >= 15 is 0 Å². The third kappa shape index (κ3) is 3.45. The monoisotopic (exact) mass is 321 g/mol. The Morgan fingerprint density at radius 3 is 2.45 bits per heavy atom. The Morgan fingerprint density at radius 2 is 1.86 bits per heavy atom. The summed E-state index contributed by atoms with van der Waals surface area (Å²) in [5, 5.41) is 10.6. The second-order valence-corrected chi connectivity index (χ2v) is 5.57. The largest absolute Gasteiger partial charge is 0.324 e. The van der Waals surface area contributed by atoms with Crippen LogP contribution in [0.1, 0.15) is 32.1 Å². The third-order valence-electron chi connectivity index (χ3n) is 4.01. The molecule has 2 aromatic rings. The first-order valence-corrected chi connectivity index (χ1v) is 7.24. The number of nitrogens with two attached hydrogens (primary N) is 1. The Hall–Kier alpha value is -1.92. The molecule has 1 aromatic heterocycles. The molecule has 6 nitrogen and oxygen atoms in total. The molecule has 0 bridgehead atoms. The normalized spacial score (nSPS) is 16.6. The van der Waals surface area contributed by atoms with E-state index in [1.54, 1.807) is 17.1 Å². The highest BCUT2D eigenvalue weighted by Crippen LogP contribution is 2.27. The number of halogens is 1. The van der Waals surface area contributed by atoms with Crippen LogP contribution in [0.4, 0.5) is 5.69 Å². The molecule has 1 heterocycles. The van der Waals surface area contributed by atoms with Gasteiger partial charge < -0.3 is 11.1 Å². The fourth-order valence-corrected chi connectivity index (χ4v) is 2.71. The Kier molecular flexibility index (Phi) is 5.15. The molecule has 1 aliphatic carbocycles. The molecular formula is C15H20ClN5O. The zero-order valence-electron chi connectivity index (χ0n) is 12.2. The van der Waals surface area contributed by atoms with Crippen molar-refractivity contribution in [1.82, 2.24) is 15.0 Å². The van der Waals surface area contributed by atoms with E-state index in [0.717, 1.165) is 37.1 Å². The summed E-state index contributed by atoms with van der Waals surface area (Å²) < 4.78 is 1.66. The first kappa shape index (κ1) is 16.5. The van der Waals surface area contributed by atoms with E-state index < -0.39 is 5.54 Å². The number of anilines is 1. The fraction of sp³-hybridized carbons (Fsp3) is 0.400. The lowest BCUT2D eigenvalue weighted by Crippen LogP contribution is -2.52. The molecular weight excluding hydrogens is 302 g/mol. The molecule has 0 spiro atoms. The maximum Gasteiger partial charge on any atom is 0.244 e. The summed E-state index contributed by atoms with van der Waals surface area (Å²) in [7, 11) is 0. The summed E-state index contributed by atoms with van der Waals surface area (Å²) in [6, 6.07) is 7.46. The topological polar surface area (TPSA) is 85.8 Å². The lowest BCUT2D eigenvalue weighted by atomic mass is 9.82. The number of hydrogen-bond donors (Lipinski definition) is 2. The molecule has 118 valence electrons. The number of hydrogen-bond acceptors (Lipinski definition) is 4. The third-order valence-corrected chi connectivity index (χ3v) is 4.01. The summed E-state index contributed by atoms with van der Waals surface area (Å²) in [4.78, 5) is 12.3. The molecule has 3 rings (SSSR count). The highest BCUT2D eigenvalue weighted by molar-refractivity contribution is 5.98. The number of amides is 1. The van der Waals surface area contributed by atoms with Crippen molar-refractivity contribution in [3.05, 3.63) is 36.7 Å². The summed E-state index contributed by atoms with van der Waals surface area (Å²) in [6.45, 7) is 0. The minimum Gasteiger partial charge on any atom is -0.324 e. The molecule has 3 N–H and O–H groups in total. The summed E-state index contributed by atoms with van der Waals surface area (Å²) in [5.41, 5.74) is 7.15. The maximum atomic E-state index is 12.3. The number of carbonyl (C=O) groups is 1. The second kappa shape index (κ2) is 6.89. The minimum absolute atomic E-state index is 0. The fourth-order valence-electron chi connectivity index (χ4n) is 2.71. The number of benzene rings is 1. The molecule has 0 unspecified atom stereocenters. The van der Waals surface area contributed by atoms with Crippen LogP contribution in [0.2, 0.25) is 0 Å². The van der Waals surface area contributed by atoms with Gasteiger partial charge in [-0.3, -0.25) is 4.79 Å². The van der Waals surface area contributed by atoms with Crippen LogP contribution in [0, 0.1) is 0 Å². The number of carbonyl (C=O) groups excluding carboxylic acids is 1. The van der Waals surface area contributed by atoms with Crippen LogP contribution in [0.5, 0.6) is 0 Å². The van der Waals surface area contributed by atoms with Crippen LogP contribution in [0.3, 0.4) is 0 Å². The van der Waals surface area contributed by atoms with Crippen LogP contribution in [0.15, 0.2) is 36.7 Å². The summed E-state index contributed by atoms with van der Waals surface area (Å²) in [5.74, 6) is -0.0873. The summed E-state index contributed by atoms with van der Waals surface area (Å²) >= 11 is 0. The molecule has 1 amide bonds. The van der Waals surface area contributed by atoms with E-state index in [1.807, 2.05) is 24.3 Å². The van der Waals surface area contributed by atoms with E-state index in [1.165, 1.54) is 6.42 Å². The van der Waals surface area contributed by atoms with Gasteiger partial charge in [-0.25, -0.2) is 4.68 Å². The maximum absolute atomic E-state index is 12.3. The van der Waals surface area contributed by atoms with Crippen molar-refractivity contribution in [2.24, 2.45) is 5.73 Å². The SMILES string of the molecule is Cl.NC1(C(=O)Nc2ccc(-n3ccnn3)cc2)CCCCC1. The van der Waals surface area contributed by atoms with Crippen molar-refractivity contribution in [1.29, 1.82) is 0 Å². The zero-order chi connectivity index (χ0) is 14.7. The first-order valence-electron chi connectivity index (χ1n) is 7.24. The molecule has 1 saturated carbocycles. The van der Waals surface area contributed by atoms with Gasteiger partial charge in [0.25, 0.3) is 0 Å². The van der Waals surface area contributed by atoms with E-state index in [-0.39, 0.29) is 18.3 Å². The van der Waals surface area contributed by atoms with Crippen molar-refractivity contribution >= 4 is 24.0 Å². The van der Waals surface area contributed by atoms with Gasteiger partial charge in [0.15, 0.2) is 0 Å². The van der Waals surface area contributed by atoms with Gasteiger partial charge in [0.05, 0.1) is 23.6 Å². The highest BCUT2D eigenvalue weighted by Gasteiger charge is 2.35. The molecule has 0 saturated heterocycles. The van der Waals surface area contributed by atoms with Gasteiger partial charge in [-0.2, -0.15) is 0 Å². The Balaban J connectivity index is 0.00000176. The van der Waals surface area contributed by atoms with E-state index in [0.29, 0.717) is 0 Å². The lowest BCUT2D eigenvalue weighted by Gasteiger charge is -2.31. The van der Waals surface area contributed by atoms with Crippen LogP contribution < -0.4 is 11.1 Å². The predicted octanol–water partition coefficient (Wildman–Crippen LogP) is 2.29. The van der Waals surface area contributed by atoms with E-state index in [4.69, 9.17) is 5.73 Å². The zero-order valence-corrected chi connectivity index (χ0v) is 13.1. The van der Waals surface area contributed by atoms with Crippen molar-refractivity contribution in [3.63, 3.8) is 0 Å². The Morgan fingerprint density at radius 1 is 1.18 bits per heavy atom. The number of nitrogens with one attached hydrogen (secondary N) is 1. The molecule has 0 radical (unpaired) electrons. The highest BCUT2D eigenvalue weighted by atomic mass is 35.5. The average molecular weight is 322 g/mol. The van der Waals surface area contributed by atoms with E-state index in [9.17, 15) is 4.79 Å². The second-order valence-electron chi connectivity index (χ2n) is 5.57. The molecule has 22 heavy (non-hydrogen) atoms. The molecule has 1 aromatic carbocycles. The molecule has 1 aliphatic rings. The van der Waals surface area contributed by atoms with Gasteiger partial charge in [0, 0.05) is 5.69 Å². The lowest BCUT2D eigenvalue weighted by molar-refractivity contribution is -0.122. The number of nitrogens with zero attached hydrogens (tertiary/aromatic N) is 3. The average Bonchev–Trinajstić information content (AvgIpc) is 3.03. The van der Waals surface area contributed by atoms with Gasteiger partial charge in [-0.15, -0.1) is 17.5 Å². The van der Waals surface area contributed by atoms with E-state index in [2.05, 4.69) is 15.6 Å². The van der Waals surface area contributed by atoms with Crippen LogP contribution >= 0.6 is 12.4 Å². The standard InChI is InChI=1S/C15H19N5O.ClH/c16-15(8-2-1-3-9-15)14(21)18-12-4-6-13(7-5-12)20-11-10-17-19-20;/h4-7,10-11H,1-3,8-9,16H2,(H,18,21);1H. The van der Waals surface area contributed by atoms with Gasteiger partial charge in [-0.1, -0.05) is 24.5 Å². The quantitative estimate of drug-likeness (QED) is 0.908. The smallest absolute Gasteiger partial charge is 0.244 e. The van der Waals surface area contributed by atoms with Gasteiger partial charge in [0.2, 0.25) is 5.91 Å². The molecule has 7 heteroatoms. The molecule has 1 fully saturated rings. The van der Waals surface area contributed by atoms with Crippen molar-refractivity contribution in [2.75, 3.05) is 5.32 Å². The van der Waals surface area contributed by atoms with Crippen LogP contribution in [-0.2, 0) is 4.79 Å². The van der Waals surface area contributed by atoms with Crippen molar-refractivity contribution in [3.8, 4) is 5.69 Å². The minimum atomic E-state index is -0.719. The van der Waals surface area contributed by atoms with Crippen LogP contribution in [0.25, 0.3) is 5.69 Å².